The number of aryl methyl sites for hydroxylation is 1. The van der Waals surface area contributed by atoms with Gasteiger partial charge in [0.05, 0.1) is 20.9 Å². The second kappa shape index (κ2) is 5.23. The lowest BCUT2D eigenvalue weighted by Crippen LogP contribution is -1.98. The minimum atomic E-state index is 0.434. The molecule has 1 aromatic heterocycles. The molecule has 0 fully saturated rings. The van der Waals surface area contributed by atoms with Crippen LogP contribution in [0.1, 0.15) is 11.1 Å². The van der Waals surface area contributed by atoms with Gasteiger partial charge in [0.15, 0.2) is 5.75 Å². The molecule has 1 aromatic carbocycles. The minimum Gasteiger partial charge on any atom is -0.435 e. The lowest BCUT2D eigenvalue weighted by atomic mass is 10.2. The van der Waals surface area contributed by atoms with Crippen LogP contribution in [0.3, 0.4) is 0 Å². The van der Waals surface area contributed by atoms with Gasteiger partial charge in [-0.05, 0) is 47.7 Å². The van der Waals surface area contributed by atoms with Gasteiger partial charge in [0.25, 0.3) is 0 Å². The fraction of sp³-hybridized carbons (Fsp3) is 0.0769. The molecule has 4 nitrogen and oxygen atoms in total. The fourth-order valence-electron chi connectivity index (χ4n) is 1.46. The molecule has 0 atom stereocenters. The minimum absolute atomic E-state index is 0.434. The van der Waals surface area contributed by atoms with Crippen molar-refractivity contribution in [3.05, 3.63) is 45.2 Å². The van der Waals surface area contributed by atoms with Gasteiger partial charge in [-0.15, -0.1) is 0 Å². The van der Waals surface area contributed by atoms with Crippen LogP contribution in [-0.2, 0) is 0 Å². The van der Waals surface area contributed by atoms with E-state index in [2.05, 4.69) is 33.6 Å². The summed E-state index contributed by atoms with van der Waals surface area (Å²) in [6.07, 6.45) is 1.66. The second-order valence-electron chi connectivity index (χ2n) is 3.72. The van der Waals surface area contributed by atoms with Gasteiger partial charge in [-0.1, -0.05) is 6.07 Å². The smallest absolute Gasteiger partial charge is 0.222 e. The topological polar surface area (TPSA) is 71.9 Å². The molecule has 2 N–H and O–H groups in total. The van der Waals surface area contributed by atoms with Crippen molar-refractivity contribution < 1.29 is 4.74 Å². The summed E-state index contributed by atoms with van der Waals surface area (Å²) in [4.78, 5) is 4.15. The van der Waals surface area contributed by atoms with E-state index in [1.165, 1.54) is 0 Å². The van der Waals surface area contributed by atoms with Crippen LogP contribution in [0.5, 0.6) is 11.6 Å². The number of ether oxygens (including phenoxy) is 1. The van der Waals surface area contributed by atoms with E-state index in [-0.39, 0.29) is 0 Å². The molecule has 0 aliphatic carbocycles. The number of hydrogen-bond acceptors (Lipinski definition) is 4. The zero-order valence-corrected chi connectivity index (χ0v) is 11.8. The van der Waals surface area contributed by atoms with E-state index in [1.54, 1.807) is 18.3 Å². The Morgan fingerprint density at radius 2 is 2.22 bits per heavy atom. The number of benzene rings is 1. The Balaban J connectivity index is 2.42. The number of nitrogens with zero attached hydrogens (tertiary/aromatic N) is 2. The van der Waals surface area contributed by atoms with E-state index in [0.29, 0.717) is 22.9 Å². The van der Waals surface area contributed by atoms with Crippen molar-refractivity contribution in [1.29, 1.82) is 5.26 Å². The third-order valence-electron chi connectivity index (χ3n) is 2.36. The molecule has 0 amide bonds. The molecule has 5 heteroatoms. The van der Waals surface area contributed by atoms with Crippen molar-refractivity contribution in [2.24, 2.45) is 0 Å². The van der Waals surface area contributed by atoms with Gasteiger partial charge in [0.1, 0.15) is 0 Å². The summed E-state index contributed by atoms with van der Waals surface area (Å²) in [6, 6.07) is 9.13. The molecule has 18 heavy (non-hydrogen) atoms. The maximum atomic E-state index is 8.85. The van der Waals surface area contributed by atoms with Gasteiger partial charge in [0.2, 0.25) is 5.88 Å². The Morgan fingerprint density at radius 1 is 1.44 bits per heavy atom. The van der Waals surface area contributed by atoms with Crippen LogP contribution in [0.2, 0.25) is 0 Å². The van der Waals surface area contributed by atoms with Crippen LogP contribution in [-0.4, -0.2) is 4.98 Å². The molecule has 0 aliphatic heterocycles. The zero-order valence-electron chi connectivity index (χ0n) is 9.64. The first-order chi connectivity index (χ1) is 8.61. The highest BCUT2D eigenvalue weighted by Crippen LogP contribution is 2.33. The number of aromatic nitrogens is 1. The summed E-state index contributed by atoms with van der Waals surface area (Å²) in [5.41, 5.74) is 7.76. The lowest BCUT2D eigenvalue weighted by Gasteiger charge is -2.11. The molecule has 0 unspecified atom stereocenters. The van der Waals surface area contributed by atoms with Crippen LogP contribution >= 0.6 is 22.6 Å². The zero-order chi connectivity index (χ0) is 13.1. The number of anilines is 1. The predicted molar refractivity (Wildman–Crippen MR) is 77.3 cm³/mol. The highest BCUT2D eigenvalue weighted by molar-refractivity contribution is 14.1. The molecular formula is C13H10IN3O. The summed E-state index contributed by atoms with van der Waals surface area (Å²) < 4.78 is 6.50. The molecule has 0 bridgehead atoms. The van der Waals surface area contributed by atoms with Crippen molar-refractivity contribution in [3.63, 3.8) is 0 Å². The molecule has 2 rings (SSSR count). The molecule has 1 heterocycles. The second-order valence-corrected chi connectivity index (χ2v) is 4.88. The van der Waals surface area contributed by atoms with Gasteiger partial charge < -0.3 is 10.5 Å². The van der Waals surface area contributed by atoms with Crippen LogP contribution in [0.25, 0.3) is 0 Å². The van der Waals surface area contributed by atoms with E-state index in [1.807, 2.05) is 19.1 Å². The first kappa shape index (κ1) is 12.6. The molecule has 2 aromatic rings. The maximum absolute atomic E-state index is 8.85. The molecular weight excluding hydrogens is 341 g/mol. The average molecular weight is 351 g/mol. The van der Waals surface area contributed by atoms with E-state index < -0.39 is 0 Å². The van der Waals surface area contributed by atoms with Crippen molar-refractivity contribution in [1.82, 2.24) is 4.98 Å². The predicted octanol–water partition coefficient (Wildman–Crippen LogP) is 3.24. The lowest BCUT2D eigenvalue weighted by molar-refractivity contribution is 0.458. The summed E-state index contributed by atoms with van der Waals surface area (Å²) in [7, 11) is 0. The summed E-state index contributed by atoms with van der Waals surface area (Å²) >= 11 is 2.09. The van der Waals surface area contributed by atoms with E-state index in [4.69, 9.17) is 15.7 Å². The first-order valence-electron chi connectivity index (χ1n) is 5.20. The molecule has 0 saturated carbocycles. The largest absolute Gasteiger partial charge is 0.435 e. The molecule has 0 aliphatic rings. The van der Waals surface area contributed by atoms with Gasteiger partial charge in [-0.3, -0.25) is 0 Å². The number of nitrogen functional groups attached to an aromatic ring is 1. The van der Waals surface area contributed by atoms with Gasteiger partial charge >= 0.3 is 0 Å². The third kappa shape index (κ3) is 2.54. The molecule has 0 saturated heterocycles. The molecule has 90 valence electrons. The average Bonchev–Trinajstić information content (AvgIpc) is 2.35. The van der Waals surface area contributed by atoms with E-state index >= 15 is 0 Å². The third-order valence-corrected chi connectivity index (χ3v) is 3.16. The summed E-state index contributed by atoms with van der Waals surface area (Å²) in [5, 5.41) is 8.85. The van der Waals surface area contributed by atoms with Crippen LogP contribution < -0.4 is 10.5 Å². The van der Waals surface area contributed by atoms with Crippen molar-refractivity contribution in [2.45, 2.75) is 6.92 Å². The number of nitrogens with two attached hydrogens (primary N) is 1. The van der Waals surface area contributed by atoms with Gasteiger partial charge in [0, 0.05) is 11.8 Å². The summed E-state index contributed by atoms with van der Waals surface area (Å²) in [6.45, 7) is 1.91. The first-order valence-corrected chi connectivity index (χ1v) is 6.28. The summed E-state index contributed by atoms with van der Waals surface area (Å²) in [5.74, 6) is 1.06. The molecule has 0 spiro atoms. The Bertz CT molecular complexity index is 611. The highest BCUT2D eigenvalue weighted by atomic mass is 127. The van der Waals surface area contributed by atoms with Gasteiger partial charge in [-0.2, -0.15) is 5.26 Å². The normalized spacial score (nSPS) is 9.83. The van der Waals surface area contributed by atoms with E-state index in [9.17, 15) is 0 Å². The fourth-order valence-corrected chi connectivity index (χ4v) is 2.22. The number of pyridine rings is 1. The Labute approximate surface area is 119 Å². The Morgan fingerprint density at radius 3 is 2.83 bits per heavy atom. The monoisotopic (exact) mass is 351 g/mol. The number of halogens is 1. The van der Waals surface area contributed by atoms with Crippen molar-refractivity contribution in [3.8, 4) is 17.7 Å². The van der Waals surface area contributed by atoms with Crippen molar-refractivity contribution in [2.75, 3.05) is 5.73 Å². The SMILES string of the molecule is Cc1cccnc1Oc1c(N)cc(C#N)cc1I. The number of nitriles is 1. The Kier molecular flexibility index (Phi) is 3.67. The van der Waals surface area contributed by atoms with Crippen LogP contribution in [0.4, 0.5) is 5.69 Å². The quantitative estimate of drug-likeness (QED) is 0.666. The van der Waals surface area contributed by atoms with E-state index in [0.717, 1.165) is 9.13 Å². The highest BCUT2D eigenvalue weighted by Gasteiger charge is 2.11. The molecule has 0 radical (unpaired) electrons. The Hall–Kier alpha value is -1.81. The maximum Gasteiger partial charge on any atom is 0.222 e. The van der Waals surface area contributed by atoms with Gasteiger partial charge in [-0.25, -0.2) is 4.98 Å². The van der Waals surface area contributed by atoms with Crippen molar-refractivity contribution >= 4 is 28.3 Å². The number of hydrogen-bond donors (Lipinski definition) is 1. The number of rotatable bonds is 2. The van der Waals surface area contributed by atoms with Crippen LogP contribution in [0, 0.1) is 21.8 Å². The standard InChI is InChI=1S/C13H10IN3O/c1-8-3-2-4-17-13(8)18-12-10(14)5-9(7-15)6-11(12)16/h2-6H,16H2,1H3. The van der Waals surface area contributed by atoms with Crippen LogP contribution in [0.15, 0.2) is 30.5 Å².